The molecule has 82 valence electrons. The van der Waals surface area contributed by atoms with E-state index in [0.29, 0.717) is 5.92 Å². The third-order valence-corrected chi connectivity index (χ3v) is 2.97. The van der Waals surface area contributed by atoms with Gasteiger partial charge >= 0.3 is 5.97 Å². The first kappa shape index (κ1) is 11.5. The molecule has 0 amide bonds. The predicted octanol–water partition coefficient (Wildman–Crippen LogP) is 1.83. The van der Waals surface area contributed by atoms with Crippen LogP contribution in [-0.2, 0) is 4.79 Å². The number of carbonyl (C=O) groups is 1. The third kappa shape index (κ3) is 3.29. The van der Waals surface area contributed by atoms with Gasteiger partial charge in [0.15, 0.2) is 0 Å². The maximum absolute atomic E-state index is 10.7. The molecule has 2 atom stereocenters. The Balaban J connectivity index is 2.25. The Morgan fingerprint density at radius 2 is 2.36 bits per heavy atom. The number of carboxylic acids is 1. The van der Waals surface area contributed by atoms with Crippen LogP contribution in [0.2, 0.25) is 0 Å². The lowest BCUT2D eigenvalue weighted by molar-refractivity contribution is -0.141. The summed E-state index contributed by atoms with van der Waals surface area (Å²) in [6, 6.07) is 0. The molecule has 2 unspecified atom stereocenters. The van der Waals surface area contributed by atoms with Gasteiger partial charge in [-0.25, -0.2) is 0 Å². The molecule has 14 heavy (non-hydrogen) atoms. The van der Waals surface area contributed by atoms with Crippen LogP contribution >= 0.6 is 0 Å². The molecular weight excluding hydrogens is 178 g/mol. The molecule has 1 heterocycles. The Labute approximate surface area is 86.1 Å². The van der Waals surface area contributed by atoms with Crippen LogP contribution in [0.3, 0.4) is 0 Å². The molecule has 0 saturated carbocycles. The van der Waals surface area contributed by atoms with E-state index >= 15 is 0 Å². The van der Waals surface area contributed by atoms with Gasteiger partial charge in [-0.3, -0.25) is 4.79 Å². The molecule has 1 saturated heterocycles. The molecule has 1 fully saturated rings. The molecule has 1 rings (SSSR count). The van der Waals surface area contributed by atoms with Crippen LogP contribution in [-0.4, -0.2) is 35.6 Å². The van der Waals surface area contributed by atoms with Crippen LogP contribution < -0.4 is 0 Å². The van der Waals surface area contributed by atoms with E-state index in [1.165, 1.54) is 12.8 Å². The first-order chi connectivity index (χ1) is 6.63. The van der Waals surface area contributed by atoms with E-state index in [2.05, 4.69) is 18.7 Å². The minimum Gasteiger partial charge on any atom is -0.481 e. The molecule has 0 aromatic heterocycles. The van der Waals surface area contributed by atoms with Gasteiger partial charge in [0.1, 0.15) is 0 Å². The van der Waals surface area contributed by atoms with Gasteiger partial charge in [0.2, 0.25) is 0 Å². The van der Waals surface area contributed by atoms with Crippen LogP contribution in [0, 0.1) is 11.8 Å². The minimum absolute atomic E-state index is 0.121. The summed E-state index contributed by atoms with van der Waals surface area (Å²) in [6.07, 6.45) is 3.29. The zero-order chi connectivity index (χ0) is 10.6. The van der Waals surface area contributed by atoms with Gasteiger partial charge in [-0.05, 0) is 25.3 Å². The highest BCUT2D eigenvalue weighted by molar-refractivity contribution is 5.70. The molecule has 0 radical (unpaired) electrons. The first-order valence-corrected chi connectivity index (χ1v) is 5.58. The van der Waals surface area contributed by atoms with Gasteiger partial charge in [-0.1, -0.05) is 20.3 Å². The number of hydrogen-bond donors (Lipinski definition) is 1. The second-order valence-electron chi connectivity index (χ2n) is 4.48. The maximum Gasteiger partial charge on any atom is 0.307 e. The van der Waals surface area contributed by atoms with E-state index < -0.39 is 5.97 Å². The van der Waals surface area contributed by atoms with Crippen molar-refractivity contribution >= 4 is 5.97 Å². The Morgan fingerprint density at radius 1 is 1.64 bits per heavy atom. The van der Waals surface area contributed by atoms with E-state index in [1.807, 2.05) is 0 Å². The third-order valence-electron chi connectivity index (χ3n) is 2.97. The smallest absolute Gasteiger partial charge is 0.307 e. The molecule has 0 aliphatic carbocycles. The van der Waals surface area contributed by atoms with Crippen molar-refractivity contribution in [1.29, 1.82) is 0 Å². The molecule has 0 spiro atoms. The topological polar surface area (TPSA) is 40.5 Å². The van der Waals surface area contributed by atoms with E-state index in [0.717, 1.165) is 26.1 Å². The Hall–Kier alpha value is -0.570. The van der Waals surface area contributed by atoms with Crippen molar-refractivity contribution in [3.8, 4) is 0 Å². The fraction of sp³-hybridized carbons (Fsp3) is 0.909. The number of aliphatic carboxylic acids is 1. The fourth-order valence-electron chi connectivity index (χ4n) is 2.22. The largest absolute Gasteiger partial charge is 0.481 e. The lowest BCUT2D eigenvalue weighted by Gasteiger charge is -2.19. The average Bonchev–Trinajstić information content (AvgIpc) is 2.53. The summed E-state index contributed by atoms with van der Waals surface area (Å²) in [4.78, 5) is 13.0. The highest BCUT2D eigenvalue weighted by Gasteiger charge is 2.28. The summed E-state index contributed by atoms with van der Waals surface area (Å²) in [6.45, 7) is 7.23. The molecule has 0 aromatic carbocycles. The number of carboxylic acid groups (broad SMARTS) is 1. The number of nitrogens with zero attached hydrogens (tertiary/aromatic N) is 1. The highest BCUT2D eigenvalue weighted by Crippen LogP contribution is 2.18. The minimum atomic E-state index is -0.629. The number of likely N-dealkylation sites (tertiary alicyclic amines) is 1. The van der Waals surface area contributed by atoms with Crippen molar-refractivity contribution in [2.75, 3.05) is 19.6 Å². The summed E-state index contributed by atoms with van der Waals surface area (Å²) in [7, 11) is 0. The summed E-state index contributed by atoms with van der Waals surface area (Å²) in [5, 5.41) is 8.84. The Kier molecular flexibility index (Phi) is 4.39. The summed E-state index contributed by atoms with van der Waals surface area (Å²) >= 11 is 0. The molecule has 0 aromatic rings. The van der Waals surface area contributed by atoms with E-state index in [1.54, 1.807) is 0 Å². The van der Waals surface area contributed by atoms with Gasteiger partial charge in [-0.2, -0.15) is 0 Å². The van der Waals surface area contributed by atoms with Crippen LogP contribution in [0.4, 0.5) is 0 Å². The first-order valence-electron chi connectivity index (χ1n) is 5.58. The molecule has 0 bridgehead atoms. The lowest BCUT2D eigenvalue weighted by atomic mass is 10.1. The van der Waals surface area contributed by atoms with E-state index in [-0.39, 0.29) is 5.92 Å². The van der Waals surface area contributed by atoms with Gasteiger partial charge in [-0.15, -0.1) is 0 Å². The fourth-order valence-corrected chi connectivity index (χ4v) is 2.22. The zero-order valence-electron chi connectivity index (χ0n) is 9.20. The summed E-state index contributed by atoms with van der Waals surface area (Å²) in [5.74, 6) is -0.0491. The predicted molar refractivity (Wildman–Crippen MR) is 56.3 cm³/mol. The quantitative estimate of drug-likeness (QED) is 0.734. The van der Waals surface area contributed by atoms with Crippen LogP contribution in [0.5, 0.6) is 0 Å². The molecule has 3 heteroatoms. The summed E-state index contributed by atoms with van der Waals surface area (Å²) in [5.41, 5.74) is 0. The molecule has 1 aliphatic rings. The average molecular weight is 199 g/mol. The molecule has 1 N–H and O–H groups in total. The maximum atomic E-state index is 10.7. The van der Waals surface area contributed by atoms with Crippen molar-refractivity contribution in [1.82, 2.24) is 4.90 Å². The van der Waals surface area contributed by atoms with Crippen molar-refractivity contribution in [2.45, 2.75) is 33.1 Å². The molecular formula is C11H21NO2. The Bertz CT molecular complexity index is 194. The normalized spacial score (nSPS) is 25.1. The highest BCUT2D eigenvalue weighted by atomic mass is 16.4. The van der Waals surface area contributed by atoms with Crippen LogP contribution in [0.1, 0.15) is 33.1 Å². The second kappa shape index (κ2) is 5.35. The number of rotatable bonds is 5. The second-order valence-corrected chi connectivity index (χ2v) is 4.48. The van der Waals surface area contributed by atoms with E-state index in [4.69, 9.17) is 5.11 Å². The molecule has 1 aliphatic heterocycles. The van der Waals surface area contributed by atoms with Crippen LogP contribution in [0.15, 0.2) is 0 Å². The number of hydrogen-bond acceptors (Lipinski definition) is 2. The monoisotopic (exact) mass is 199 g/mol. The SMILES string of the molecule is CCCC(C)CN1CCC(C(=O)O)C1. The van der Waals surface area contributed by atoms with E-state index in [9.17, 15) is 4.79 Å². The van der Waals surface area contributed by atoms with Gasteiger partial charge < -0.3 is 10.0 Å². The lowest BCUT2D eigenvalue weighted by Crippen LogP contribution is -2.27. The van der Waals surface area contributed by atoms with Gasteiger partial charge in [0.25, 0.3) is 0 Å². The summed E-state index contributed by atoms with van der Waals surface area (Å²) < 4.78 is 0. The van der Waals surface area contributed by atoms with Crippen molar-refractivity contribution in [2.24, 2.45) is 11.8 Å². The zero-order valence-corrected chi connectivity index (χ0v) is 9.20. The van der Waals surface area contributed by atoms with Crippen molar-refractivity contribution in [3.63, 3.8) is 0 Å². The van der Waals surface area contributed by atoms with Gasteiger partial charge in [0, 0.05) is 13.1 Å². The van der Waals surface area contributed by atoms with Crippen molar-refractivity contribution < 1.29 is 9.90 Å². The van der Waals surface area contributed by atoms with Gasteiger partial charge in [0.05, 0.1) is 5.92 Å². The Morgan fingerprint density at radius 3 is 2.86 bits per heavy atom. The van der Waals surface area contributed by atoms with Crippen molar-refractivity contribution in [3.05, 3.63) is 0 Å². The standard InChI is InChI=1S/C11H21NO2/c1-3-4-9(2)7-12-6-5-10(8-12)11(13)14/h9-10H,3-8H2,1-2H3,(H,13,14). The molecule has 3 nitrogen and oxygen atoms in total. The van der Waals surface area contributed by atoms with Crippen LogP contribution in [0.25, 0.3) is 0 Å².